The second kappa shape index (κ2) is 8.59. The Labute approximate surface area is 160 Å². The summed E-state index contributed by atoms with van der Waals surface area (Å²) in [5, 5.41) is 9.52. The van der Waals surface area contributed by atoms with Crippen molar-refractivity contribution in [1.82, 2.24) is 14.9 Å². The molecule has 1 aliphatic carbocycles. The number of aromatic nitrogens is 2. The van der Waals surface area contributed by atoms with Crippen molar-refractivity contribution >= 4 is 11.0 Å². The van der Waals surface area contributed by atoms with Crippen LogP contribution in [0.25, 0.3) is 22.2 Å². The van der Waals surface area contributed by atoms with E-state index in [4.69, 9.17) is 0 Å². The van der Waals surface area contributed by atoms with Crippen LogP contribution in [0, 0.1) is 0 Å². The minimum Gasteiger partial charge on any atom is -0.395 e. The van der Waals surface area contributed by atoms with Gasteiger partial charge in [-0.2, -0.15) is 0 Å². The van der Waals surface area contributed by atoms with Crippen molar-refractivity contribution in [3.63, 3.8) is 0 Å². The maximum atomic E-state index is 9.52. The third-order valence-corrected chi connectivity index (χ3v) is 5.59. The highest BCUT2D eigenvalue weighted by atomic mass is 16.3. The van der Waals surface area contributed by atoms with Gasteiger partial charge in [0.1, 0.15) is 0 Å². The highest BCUT2D eigenvalue weighted by Gasteiger charge is 2.20. The number of aliphatic hydroxyl groups is 1. The highest BCUT2D eigenvalue weighted by Crippen LogP contribution is 2.26. The van der Waals surface area contributed by atoms with Gasteiger partial charge in [0.25, 0.3) is 0 Å². The molecule has 0 amide bonds. The molecule has 0 bridgehead atoms. The lowest BCUT2D eigenvalue weighted by molar-refractivity contribution is 0.117. The Bertz CT molecular complexity index is 889. The zero-order valence-corrected chi connectivity index (χ0v) is 15.7. The third-order valence-electron chi connectivity index (χ3n) is 5.59. The average molecular weight is 361 g/mol. The summed E-state index contributed by atoms with van der Waals surface area (Å²) in [5.41, 5.74) is 5.50. The first-order chi connectivity index (χ1) is 13.3. The first-order valence-corrected chi connectivity index (χ1v) is 9.98. The maximum Gasteiger partial charge on any atom is 0.0892 e. The van der Waals surface area contributed by atoms with Gasteiger partial charge >= 0.3 is 0 Å². The Balaban J connectivity index is 1.56. The van der Waals surface area contributed by atoms with Gasteiger partial charge in [0.05, 0.1) is 17.6 Å². The van der Waals surface area contributed by atoms with Crippen molar-refractivity contribution in [3.05, 3.63) is 60.4 Å². The minimum absolute atomic E-state index is 0.222. The summed E-state index contributed by atoms with van der Waals surface area (Å²) in [6.45, 7) is 1.87. The van der Waals surface area contributed by atoms with E-state index < -0.39 is 0 Å². The summed E-state index contributed by atoms with van der Waals surface area (Å²) in [6.07, 6.45) is 9.94. The van der Waals surface area contributed by atoms with Crippen LogP contribution >= 0.6 is 0 Å². The van der Waals surface area contributed by atoms with Crippen molar-refractivity contribution in [2.45, 2.75) is 44.7 Å². The smallest absolute Gasteiger partial charge is 0.0892 e. The molecule has 1 aromatic heterocycles. The summed E-state index contributed by atoms with van der Waals surface area (Å²) in [4.78, 5) is 11.2. The van der Waals surface area contributed by atoms with Crippen molar-refractivity contribution in [1.29, 1.82) is 0 Å². The maximum absolute atomic E-state index is 9.52. The fraction of sp³-hybridized carbons (Fsp3) is 0.391. The van der Waals surface area contributed by atoms with Crippen LogP contribution in [0.1, 0.15) is 37.7 Å². The number of nitrogens with zero attached hydrogens (tertiary/aromatic N) is 3. The molecule has 4 rings (SSSR count). The summed E-state index contributed by atoms with van der Waals surface area (Å²) in [6, 6.07) is 15.6. The molecule has 3 aromatic rings. The summed E-state index contributed by atoms with van der Waals surface area (Å²) >= 11 is 0. The molecule has 0 aliphatic heterocycles. The van der Waals surface area contributed by atoms with Crippen LogP contribution < -0.4 is 0 Å². The van der Waals surface area contributed by atoms with E-state index in [0.29, 0.717) is 6.04 Å². The second-order valence-corrected chi connectivity index (χ2v) is 7.45. The normalized spacial score (nSPS) is 15.5. The fourth-order valence-electron chi connectivity index (χ4n) is 4.19. The molecule has 27 heavy (non-hydrogen) atoms. The van der Waals surface area contributed by atoms with E-state index in [-0.39, 0.29) is 6.61 Å². The van der Waals surface area contributed by atoms with Crippen LogP contribution in [0.4, 0.5) is 0 Å². The van der Waals surface area contributed by atoms with Crippen molar-refractivity contribution in [2.75, 3.05) is 13.2 Å². The van der Waals surface area contributed by atoms with Gasteiger partial charge in [0.2, 0.25) is 0 Å². The number of aliphatic hydroxyl groups excluding tert-OH is 1. The lowest BCUT2D eigenvalue weighted by Crippen LogP contribution is -2.38. The van der Waals surface area contributed by atoms with Crippen molar-refractivity contribution < 1.29 is 5.11 Å². The number of benzene rings is 2. The van der Waals surface area contributed by atoms with Crippen LogP contribution in [0.15, 0.2) is 54.9 Å². The van der Waals surface area contributed by atoms with Gasteiger partial charge in [0, 0.05) is 31.5 Å². The van der Waals surface area contributed by atoms with Gasteiger partial charge in [-0.3, -0.25) is 14.9 Å². The van der Waals surface area contributed by atoms with Crippen LogP contribution in [0.2, 0.25) is 0 Å². The number of hydrogen-bond donors (Lipinski definition) is 1. The Morgan fingerprint density at radius 3 is 2.48 bits per heavy atom. The van der Waals surface area contributed by atoms with Gasteiger partial charge in [-0.25, -0.2) is 0 Å². The molecule has 0 radical (unpaired) electrons. The second-order valence-electron chi connectivity index (χ2n) is 7.45. The summed E-state index contributed by atoms with van der Waals surface area (Å²) < 4.78 is 0. The summed E-state index contributed by atoms with van der Waals surface area (Å²) in [7, 11) is 0. The predicted octanol–water partition coefficient (Wildman–Crippen LogP) is 4.42. The van der Waals surface area contributed by atoms with Gasteiger partial charge in [-0.1, -0.05) is 43.5 Å². The number of hydrogen-bond acceptors (Lipinski definition) is 4. The SMILES string of the molecule is OCCN(Cc1cccc(-c2ccc3nccnc3c2)c1)C1CCCCC1. The van der Waals surface area contributed by atoms with E-state index in [0.717, 1.165) is 29.7 Å². The Kier molecular flexibility index (Phi) is 5.75. The Hall–Kier alpha value is -2.30. The van der Waals surface area contributed by atoms with Gasteiger partial charge in [0.15, 0.2) is 0 Å². The first kappa shape index (κ1) is 18.1. The molecular formula is C23H27N3O. The van der Waals surface area contributed by atoms with E-state index in [9.17, 15) is 5.11 Å². The molecule has 140 valence electrons. The molecule has 1 heterocycles. The molecule has 1 aliphatic rings. The van der Waals surface area contributed by atoms with E-state index in [1.165, 1.54) is 43.2 Å². The van der Waals surface area contributed by atoms with E-state index in [1.54, 1.807) is 12.4 Å². The van der Waals surface area contributed by atoms with Crippen LogP contribution in [0.5, 0.6) is 0 Å². The van der Waals surface area contributed by atoms with E-state index >= 15 is 0 Å². The lowest BCUT2D eigenvalue weighted by Gasteiger charge is -2.34. The molecule has 4 nitrogen and oxygen atoms in total. The quantitative estimate of drug-likeness (QED) is 0.706. The molecule has 0 spiro atoms. The van der Waals surface area contributed by atoms with Crippen molar-refractivity contribution in [2.24, 2.45) is 0 Å². The third kappa shape index (κ3) is 4.34. The first-order valence-electron chi connectivity index (χ1n) is 9.98. The van der Waals surface area contributed by atoms with Gasteiger partial charge in [-0.05, 0) is 47.7 Å². The highest BCUT2D eigenvalue weighted by molar-refractivity contribution is 5.81. The molecule has 0 unspecified atom stereocenters. The lowest BCUT2D eigenvalue weighted by atomic mass is 9.93. The zero-order chi connectivity index (χ0) is 18.5. The van der Waals surface area contributed by atoms with Crippen molar-refractivity contribution in [3.8, 4) is 11.1 Å². The van der Waals surface area contributed by atoms with E-state index in [1.807, 2.05) is 6.07 Å². The largest absolute Gasteiger partial charge is 0.395 e. The Morgan fingerprint density at radius 1 is 0.889 bits per heavy atom. The molecule has 1 saturated carbocycles. The molecule has 2 aromatic carbocycles. The van der Waals surface area contributed by atoms with Crippen LogP contribution in [-0.2, 0) is 6.54 Å². The standard InChI is InChI=1S/C23H27N3O/c27-14-13-26(21-7-2-1-3-8-21)17-18-5-4-6-19(15-18)20-9-10-22-23(16-20)25-12-11-24-22/h4-6,9-12,15-16,21,27H,1-3,7-8,13-14,17H2. The number of fused-ring (bicyclic) bond motifs is 1. The van der Waals surface area contributed by atoms with Crippen LogP contribution in [0.3, 0.4) is 0 Å². The Morgan fingerprint density at radius 2 is 1.67 bits per heavy atom. The minimum atomic E-state index is 0.222. The molecule has 1 N–H and O–H groups in total. The zero-order valence-electron chi connectivity index (χ0n) is 15.7. The molecule has 0 saturated heterocycles. The molecule has 4 heteroatoms. The molecule has 0 atom stereocenters. The topological polar surface area (TPSA) is 49.2 Å². The van der Waals surface area contributed by atoms with Gasteiger partial charge < -0.3 is 5.11 Å². The molecular weight excluding hydrogens is 334 g/mol. The average Bonchev–Trinajstić information content (AvgIpc) is 2.74. The van der Waals surface area contributed by atoms with Crippen LogP contribution in [-0.4, -0.2) is 39.2 Å². The molecule has 1 fully saturated rings. The predicted molar refractivity (Wildman–Crippen MR) is 109 cm³/mol. The monoisotopic (exact) mass is 361 g/mol. The van der Waals surface area contributed by atoms with Gasteiger partial charge in [-0.15, -0.1) is 0 Å². The van der Waals surface area contributed by atoms with E-state index in [2.05, 4.69) is 51.3 Å². The number of rotatable bonds is 6. The fourth-order valence-corrected chi connectivity index (χ4v) is 4.19. The summed E-state index contributed by atoms with van der Waals surface area (Å²) in [5.74, 6) is 0.